The Kier molecular flexibility index (Phi) is 5.64. The SMILES string of the molecule is O=C(CN1C(=O)SC(=Cc2cccc(F)c2)C1=O)Nc1ccc(O)c(C(=O)O)c1. The molecule has 2 aromatic carbocycles. The van der Waals surface area contributed by atoms with Crippen molar-refractivity contribution in [3.05, 3.63) is 64.3 Å². The third-order valence-corrected chi connectivity index (χ3v) is 4.74. The van der Waals surface area contributed by atoms with E-state index in [1.54, 1.807) is 6.07 Å². The highest BCUT2D eigenvalue weighted by Crippen LogP contribution is 2.32. The summed E-state index contributed by atoms with van der Waals surface area (Å²) in [6.07, 6.45) is 1.35. The molecule has 1 fully saturated rings. The number of carboxylic acid groups (broad SMARTS) is 1. The zero-order chi connectivity index (χ0) is 21.1. The molecule has 0 atom stereocenters. The van der Waals surface area contributed by atoms with Crippen LogP contribution < -0.4 is 5.32 Å². The Morgan fingerprint density at radius 3 is 2.62 bits per heavy atom. The van der Waals surface area contributed by atoms with Crippen LogP contribution in [0.3, 0.4) is 0 Å². The van der Waals surface area contributed by atoms with Crippen LogP contribution in [0.25, 0.3) is 6.08 Å². The molecule has 2 aromatic rings. The van der Waals surface area contributed by atoms with Crippen LogP contribution in [0.1, 0.15) is 15.9 Å². The summed E-state index contributed by atoms with van der Waals surface area (Å²) in [7, 11) is 0. The number of carbonyl (C=O) groups excluding carboxylic acids is 3. The Morgan fingerprint density at radius 2 is 1.93 bits per heavy atom. The molecule has 0 bridgehead atoms. The van der Waals surface area contributed by atoms with Crippen molar-refractivity contribution < 1.29 is 33.8 Å². The molecule has 0 radical (unpaired) electrons. The van der Waals surface area contributed by atoms with Gasteiger partial charge in [-0.05, 0) is 53.7 Å². The number of imide groups is 1. The van der Waals surface area contributed by atoms with E-state index in [4.69, 9.17) is 5.11 Å². The molecule has 0 aliphatic carbocycles. The zero-order valence-corrected chi connectivity index (χ0v) is 15.4. The molecule has 3 rings (SSSR count). The number of rotatable bonds is 5. The Balaban J connectivity index is 1.71. The summed E-state index contributed by atoms with van der Waals surface area (Å²) in [4.78, 5) is 48.5. The topological polar surface area (TPSA) is 124 Å². The van der Waals surface area contributed by atoms with E-state index in [-0.39, 0.29) is 10.6 Å². The summed E-state index contributed by atoms with van der Waals surface area (Å²) in [6, 6.07) is 8.89. The van der Waals surface area contributed by atoms with Crippen LogP contribution >= 0.6 is 11.8 Å². The van der Waals surface area contributed by atoms with Crippen molar-refractivity contribution in [2.75, 3.05) is 11.9 Å². The maximum Gasteiger partial charge on any atom is 0.339 e. The predicted molar refractivity (Wildman–Crippen MR) is 103 cm³/mol. The quantitative estimate of drug-likeness (QED) is 0.506. The first kappa shape index (κ1) is 20.1. The van der Waals surface area contributed by atoms with Crippen molar-refractivity contribution in [3.8, 4) is 5.75 Å². The van der Waals surface area contributed by atoms with Gasteiger partial charge in [0.1, 0.15) is 23.7 Å². The molecule has 29 heavy (non-hydrogen) atoms. The van der Waals surface area contributed by atoms with Crippen LogP contribution in [0.4, 0.5) is 14.9 Å². The third kappa shape index (κ3) is 4.61. The highest BCUT2D eigenvalue weighted by Gasteiger charge is 2.36. The molecule has 3 N–H and O–H groups in total. The summed E-state index contributed by atoms with van der Waals surface area (Å²) in [6.45, 7) is -0.589. The second-order valence-electron chi connectivity index (χ2n) is 5.91. The largest absolute Gasteiger partial charge is 0.507 e. The van der Waals surface area contributed by atoms with Gasteiger partial charge < -0.3 is 15.5 Å². The van der Waals surface area contributed by atoms with E-state index in [0.29, 0.717) is 17.3 Å². The van der Waals surface area contributed by atoms with E-state index in [9.17, 15) is 28.7 Å². The van der Waals surface area contributed by atoms with Crippen LogP contribution in [0.5, 0.6) is 5.75 Å². The number of phenols is 1. The third-order valence-electron chi connectivity index (χ3n) is 3.83. The number of hydrogen-bond acceptors (Lipinski definition) is 6. The van der Waals surface area contributed by atoms with Crippen molar-refractivity contribution in [1.29, 1.82) is 0 Å². The molecule has 1 aliphatic heterocycles. The van der Waals surface area contributed by atoms with Gasteiger partial charge in [-0.15, -0.1) is 0 Å². The number of thioether (sulfide) groups is 1. The lowest BCUT2D eigenvalue weighted by Crippen LogP contribution is -2.36. The molecule has 0 aromatic heterocycles. The summed E-state index contributed by atoms with van der Waals surface area (Å²) >= 11 is 0.624. The van der Waals surface area contributed by atoms with E-state index >= 15 is 0 Å². The number of carbonyl (C=O) groups is 4. The lowest BCUT2D eigenvalue weighted by molar-refractivity contribution is -0.127. The van der Waals surface area contributed by atoms with Crippen LogP contribution in [-0.2, 0) is 9.59 Å². The Hall–Kier alpha value is -3.66. The van der Waals surface area contributed by atoms with Gasteiger partial charge in [0.05, 0.1) is 4.91 Å². The van der Waals surface area contributed by atoms with Crippen molar-refractivity contribution in [3.63, 3.8) is 0 Å². The van der Waals surface area contributed by atoms with Crippen molar-refractivity contribution in [2.24, 2.45) is 0 Å². The number of carboxylic acids is 1. The van der Waals surface area contributed by atoms with Crippen molar-refractivity contribution in [1.82, 2.24) is 4.90 Å². The maximum atomic E-state index is 13.3. The molecule has 8 nitrogen and oxygen atoms in total. The summed E-state index contributed by atoms with van der Waals surface area (Å²) in [5.74, 6) is -3.78. The fourth-order valence-electron chi connectivity index (χ4n) is 2.51. The second kappa shape index (κ2) is 8.15. The molecule has 1 heterocycles. The number of aromatic carboxylic acids is 1. The molecular weight excluding hydrogens is 403 g/mol. The van der Waals surface area contributed by atoms with Crippen LogP contribution in [-0.4, -0.2) is 44.7 Å². The van der Waals surface area contributed by atoms with Gasteiger partial charge in [-0.2, -0.15) is 0 Å². The smallest absolute Gasteiger partial charge is 0.339 e. The standard InChI is InChI=1S/C19H13FN2O6S/c20-11-3-1-2-10(6-11)7-15-17(25)22(19(28)29-15)9-16(24)21-12-4-5-14(23)13(8-12)18(26)27/h1-8,23H,9H2,(H,21,24)(H,26,27). The number of benzene rings is 2. The van der Waals surface area contributed by atoms with E-state index in [1.165, 1.54) is 30.3 Å². The first-order valence-corrected chi connectivity index (χ1v) is 8.93. The van der Waals surface area contributed by atoms with Gasteiger partial charge in [0.25, 0.3) is 11.1 Å². The van der Waals surface area contributed by atoms with Crippen molar-refractivity contribution >= 4 is 46.5 Å². The van der Waals surface area contributed by atoms with Gasteiger partial charge in [-0.1, -0.05) is 12.1 Å². The minimum Gasteiger partial charge on any atom is -0.507 e. The fourth-order valence-corrected chi connectivity index (χ4v) is 3.35. The number of anilines is 1. The maximum absolute atomic E-state index is 13.3. The van der Waals surface area contributed by atoms with Gasteiger partial charge >= 0.3 is 5.97 Å². The van der Waals surface area contributed by atoms with Gasteiger partial charge in [0.2, 0.25) is 5.91 Å². The molecule has 0 spiro atoms. The summed E-state index contributed by atoms with van der Waals surface area (Å²) in [5, 5.41) is 20.2. The number of hydrogen-bond donors (Lipinski definition) is 3. The Bertz CT molecular complexity index is 1070. The van der Waals surface area contributed by atoms with E-state index in [1.807, 2.05) is 0 Å². The number of amides is 3. The Labute approximate surface area is 167 Å². The van der Waals surface area contributed by atoms with E-state index in [2.05, 4.69) is 5.32 Å². The number of nitrogens with one attached hydrogen (secondary N) is 1. The lowest BCUT2D eigenvalue weighted by atomic mass is 10.2. The van der Waals surface area contributed by atoms with Crippen LogP contribution in [0.2, 0.25) is 0 Å². The Morgan fingerprint density at radius 1 is 1.17 bits per heavy atom. The molecule has 10 heteroatoms. The van der Waals surface area contributed by atoms with Crippen molar-refractivity contribution in [2.45, 2.75) is 0 Å². The summed E-state index contributed by atoms with van der Waals surface area (Å²) in [5.41, 5.74) is 0.0599. The van der Waals surface area contributed by atoms with E-state index in [0.717, 1.165) is 17.0 Å². The van der Waals surface area contributed by atoms with E-state index < -0.39 is 46.7 Å². The van der Waals surface area contributed by atoms with Crippen LogP contribution in [0, 0.1) is 5.82 Å². The van der Waals surface area contributed by atoms with Crippen LogP contribution in [0.15, 0.2) is 47.4 Å². The second-order valence-corrected chi connectivity index (χ2v) is 6.90. The number of halogens is 1. The normalized spacial score (nSPS) is 15.1. The molecule has 0 saturated carbocycles. The molecule has 3 amide bonds. The number of nitrogens with zero attached hydrogens (tertiary/aromatic N) is 1. The first-order valence-electron chi connectivity index (χ1n) is 8.11. The predicted octanol–water partition coefficient (Wildman–Crippen LogP) is 2.90. The van der Waals surface area contributed by atoms with Gasteiger partial charge in [0, 0.05) is 5.69 Å². The minimum atomic E-state index is -1.38. The summed E-state index contributed by atoms with van der Waals surface area (Å²) < 4.78 is 13.3. The lowest BCUT2D eigenvalue weighted by Gasteiger charge is -2.13. The van der Waals surface area contributed by atoms with Gasteiger partial charge in [-0.3, -0.25) is 19.3 Å². The highest BCUT2D eigenvalue weighted by atomic mass is 32.2. The average Bonchev–Trinajstić information content (AvgIpc) is 2.90. The molecule has 148 valence electrons. The number of aromatic hydroxyl groups is 1. The minimum absolute atomic E-state index is 0.0474. The van der Waals surface area contributed by atoms with Gasteiger partial charge in [0.15, 0.2) is 0 Å². The average molecular weight is 416 g/mol. The highest BCUT2D eigenvalue weighted by molar-refractivity contribution is 8.18. The zero-order valence-electron chi connectivity index (χ0n) is 14.6. The molecule has 1 aliphatic rings. The molecular formula is C19H13FN2O6S. The first-order chi connectivity index (χ1) is 13.7. The van der Waals surface area contributed by atoms with Gasteiger partial charge in [-0.25, -0.2) is 9.18 Å². The fraction of sp³-hybridized carbons (Fsp3) is 0.0526. The molecule has 1 saturated heterocycles. The monoisotopic (exact) mass is 416 g/mol. The molecule has 0 unspecified atom stereocenters.